The second kappa shape index (κ2) is 19.1. The van der Waals surface area contributed by atoms with Gasteiger partial charge in [-0.1, -0.05) is 66.7 Å². The first-order valence-corrected chi connectivity index (χ1v) is 15.2. The van der Waals surface area contributed by atoms with Crippen molar-refractivity contribution < 1.29 is 43.7 Å². The summed E-state index contributed by atoms with van der Waals surface area (Å²) < 4.78 is 5.61. The van der Waals surface area contributed by atoms with Gasteiger partial charge in [0.2, 0.25) is 29.5 Å². The largest absolute Gasteiger partial charge is 0.458 e. The highest BCUT2D eigenvalue weighted by atomic mass is 16.5. The minimum atomic E-state index is -1.57. The van der Waals surface area contributed by atoms with Gasteiger partial charge in [0.15, 0.2) is 0 Å². The zero-order chi connectivity index (χ0) is 32.7. The Kier molecular flexibility index (Phi) is 16.8. The molecule has 1 aliphatic rings. The third-order valence-electron chi connectivity index (χ3n) is 7.52. The Morgan fingerprint density at radius 2 is 1.33 bits per heavy atom. The van der Waals surface area contributed by atoms with Crippen LogP contribution >= 0.6 is 0 Å². The topological polar surface area (TPSA) is 212 Å². The number of carbonyl (C=O) groups excluding carboxylic acids is 6. The summed E-state index contributed by atoms with van der Waals surface area (Å²) in [6, 6.07) is -6.83. The van der Waals surface area contributed by atoms with Gasteiger partial charge in [-0.15, -0.1) is 0 Å². The normalized spacial score (nSPS) is 27.0. The molecule has 0 aromatic rings. The molecule has 1 rings (SSSR count). The van der Waals surface area contributed by atoms with E-state index in [1.54, 1.807) is 20.8 Å². The lowest BCUT2D eigenvalue weighted by molar-refractivity contribution is -0.157. The molecule has 1 fully saturated rings. The Hall–Kier alpha value is -3.26. The maximum Gasteiger partial charge on any atom is 0.329 e. The van der Waals surface area contributed by atoms with Crippen molar-refractivity contribution in [3.8, 4) is 0 Å². The highest BCUT2D eigenvalue weighted by Gasteiger charge is 2.38. The maximum atomic E-state index is 13.4. The van der Waals surface area contributed by atoms with Crippen LogP contribution in [0.4, 0.5) is 0 Å². The van der Waals surface area contributed by atoms with Crippen molar-refractivity contribution in [2.24, 2.45) is 11.8 Å². The molecular formula is C29H51N5O9. The molecule has 0 saturated carbocycles. The number of aliphatic hydroxyl groups excluding tert-OH is 2. The molecule has 0 spiro atoms. The van der Waals surface area contributed by atoms with Crippen LogP contribution in [0.15, 0.2) is 0 Å². The minimum absolute atomic E-state index is 0.119. The van der Waals surface area contributed by atoms with E-state index in [4.69, 9.17) is 4.74 Å². The molecule has 1 saturated heterocycles. The number of carbonyl (C=O) groups is 6. The van der Waals surface area contributed by atoms with E-state index in [1.807, 2.05) is 6.92 Å². The molecule has 0 aromatic heterocycles. The van der Waals surface area contributed by atoms with Crippen LogP contribution in [0.2, 0.25) is 0 Å². The lowest BCUT2D eigenvalue weighted by atomic mass is 9.97. The fourth-order valence-electron chi connectivity index (χ4n) is 4.48. The van der Waals surface area contributed by atoms with E-state index in [-0.39, 0.29) is 6.42 Å². The van der Waals surface area contributed by atoms with E-state index in [0.29, 0.717) is 12.8 Å². The molecular weight excluding hydrogens is 562 g/mol. The molecule has 0 bridgehead atoms. The SMILES string of the molecule is CCCCCCCC(=O)NC1C(=O)NC(CO)C(=O)NC(CO)C(=O)NC(C(C)C)C(=O)NC(C(C)CC)C(=O)OC1C. The fraction of sp³-hybridized carbons (Fsp3) is 0.793. The summed E-state index contributed by atoms with van der Waals surface area (Å²) in [6.07, 6.45) is 3.80. The van der Waals surface area contributed by atoms with Crippen molar-refractivity contribution in [3.05, 3.63) is 0 Å². The summed E-state index contributed by atoms with van der Waals surface area (Å²) >= 11 is 0. The van der Waals surface area contributed by atoms with Crippen LogP contribution in [0.3, 0.4) is 0 Å². The summed E-state index contributed by atoms with van der Waals surface area (Å²) in [7, 11) is 0. The smallest absolute Gasteiger partial charge is 0.329 e. The van der Waals surface area contributed by atoms with Crippen molar-refractivity contribution in [1.82, 2.24) is 26.6 Å². The van der Waals surface area contributed by atoms with Crippen molar-refractivity contribution in [3.63, 3.8) is 0 Å². The molecule has 14 nitrogen and oxygen atoms in total. The zero-order valence-electron chi connectivity index (χ0n) is 26.2. The lowest BCUT2D eigenvalue weighted by Gasteiger charge is -2.31. The Morgan fingerprint density at radius 3 is 1.86 bits per heavy atom. The van der Waals surface area contributed by atoms with Crippen LogP contribution in [0.1, 0.15) is 86.5 Å². The van der Waals surface area contributed by atoms with E-state index in [1.165, 1.54) is 6.92 Å². The Labute approximate surface area is 253 Å². The molecule has 0 aliphatic carbocycles. The highest BCUT2D eigenvalue weighted by Crippen LogP contribution is 2.14. The van der Waals surface area contributed by atoms with Crippen molar-refractivity contribution >= 4 is 35.5 Å². The van der Waals surface area contributed by atoms with Crippen molar-refractivity contribution in [2.75, 3.05) is 13.2 Å². The number of rotatable bonds is 12. The molecule has 0 aromatic carbocycles. The van der Waals surface area contributed by atoms with Crippen LogP contribution in [-0.2, 0) is 33.5 Å². The number of unbranched alkanes of at least 4 members (excludes halogenated alkanes) is 4. The summed E-state index contributed by atoms with van der Waals surface area (Å²) in [5.41, 5.74) is 0. The van der Waals surface area contributed by atoms with E-state index in [2.05, 4.69) is 33.5 Å². The third-order valence-corrected chi connectivity index (χ3v) is 7.52. The van der Waals surface area contributed by atoms with Crippen LogP contribution in [0.25, 0.3) is 0 Å². The predicted molar refractivity (Wildman–Crippen MR) is 157 cm³/mol. The van der Waals surface area contributed by atoms with Crippen LogP contribution < -0.4 is 26.6 Å². The van der Waals surface area contributed by atoms with Gasteiger partial charge >= 0.3 is 5.97 Å². The first kappa shape index (κ1) is 37.8. The van der Waals surface area contributed by atoms with Crippen LogP contribution in [0, 0.1) is 11.8 Å². The van der Waals surface area contributed by atoms with Gasteiger partial charge in [-0.05, 0) is 25.2 Å². The molecule has 7 atom stereocenters. The van der Waals surface area contributed by atoms with E-state index in [9.17, 15) is 39.0 Å². The van der Waals surface area contributed by atoms with E-state index in [0.717, 1.165) is 25.7 Å². The van der Waals surface area contributed by atoms with Crippen LogP contribution in [0.5, 0.6) is 0 Å². The van der Waals surface area contributed by atoms with E-state index < -0.39 is 96.9 Å². The predicted octanol–water partition coefficient (Wildman–Crippen LogP) is -0.597. The van der Waals surface area contributed by atoms with Gasteiger partial charge in [-0.25, -0.2) is 4.79 Å². The Morgan fingerprint density at radius 1 is 0.791 bits per heavy atom. The molecule has 7 unspecified atom stereocenters. The van der Waals surface area contributed by atoms with Crippen molar-refractivity contribution in [2.45, 2.75) is 123 Å². The maximum absolute atomic E-state index is 13.4. The molecule has 7 N–H and O–H groups in total. The number of ether oxygens (including phenoxy) is 1. The van der Waals surface area contributed by atoms with Gasteiger partial charge in [-0.2, -0.15) is 0 Å². The molecule has 5 amide bonds. The number of esters is 1. The number of aliphatic hydroxyl groups is 2. The van der Waals surface area contributed by atoms with Gasteiger partial charge in [0.25, 0.3) is 0 Å². The number of hydrogen-bond acceptors (Lipinski definition) is 9. The first-order chi connectivity index (χ1) is 20.3. The van der Waals surface area contributed by atoms with Crippen molar-refractivity contribution in [1.29, 1.82) is 0 Å². The Balaban J connectivity index is 3.44. The summed E-state index contributed by atoms with van der Waals surface area (Å²) in [5, 5.41) is 32.0. The molecule has 14 heteroatoms. The first-order valence-electron chi connectivity index (χ1n) is 15.2. The third kappa shape index (κ3) is 12.1. The molecule has 0 radical (unpaired) electrons. The number of hydrogen-bond donors (Lipinski definition) is 7. The highest BCUT2D eigenvalue weighted by molar-refractivity contribution is 5.96. The quantitative estimate of drug-likeness (QED) is 0.110. The van der Waals surface area contributed by atoms with Gasteiger partial charge in [0.1, 0.15) is 36.3 Å². The van der Waals surface area contributed by atoms with Crippen LogP contribution in [-0.4, -0.2) is 95.2 Å². The zero-order valence-corrected chi connectivity index (χ0v) is 26.2. The van der Waals surface area contributed by atoms with Gasteiger partial charge in [0.05, 0.1) is 13.2 Å². The number of nitrogens with one attached hydrogen (secondary N) is 5. The lowest BCUT2D eigenvalue weighted by Crippen LogP contribution is -2.63. The Bertz CT molecular complexity index is 961. The second-order valence-electron chi connectivity index (χ2n) is 11.4. The van der Waals surface area contributed by atoms with Gasteiger partial charge < -0.3 is 41.5 Å². The molecule has 1 aliphatic heterocycles. The summed E-state index contributed by atoms with van der Waals surface area (Å²) in [4.78, 5) is 78.6. The summed E-state index contributed by atoms with van der Waals surface area (Å²) in [5.74, 6) is -5.67. The number of amides is 5. The number of cyclic esters (lactones) is 1. The molecule has 246 valence electrons. The molecule has 1 heterocycles. The monoisotopic (exact) mass is 613 g/mol. The van der Waals surface area contributed by atoms with Gasteiger partial charge in [-0.3, -0.25) is 24.0 Å². The van der Waals surface area contributed by atoms with Gasteiger partial charge in [0, 0.05) is 6.42 Å². The average Bonchev–Trinajstić information content (AvgIpc) is 2.96. The minimum Gasteiger partial charge on any atom is -0.458 e. The van der Waals surface area contributed by atoms with E-state index >= 15 is 0 Å². The fourth-order valence-corrected chi connectivity index (χ4v) is 4.48. The molecule has 43 heavy (non-hydrogen) atoms. The second-order valence-corrected chi connectivity index (χ2v) is 11.4. The average molecular weight is 614 g/mol. The standard InChI is InChI=1S/C29H51N5O9/c1-7-9-10-11-12-13-21(37)32-24-18(6)43-29(42)23(17(5)8-2)34-27(40)22(16(3)4)33-26(39)20(15-36)30-25(38)19(14-35)31-28(24)41/h16-20,22-24,35-36H,7-15H2,1-6H3,(H,30,38)(H,31,41)(H,32,37)(H,33,39)(H,34,40). The summed E-state index contributed by atoms with van der Waals surface area (Å²) in [6.45, 7) is 8.63.